The van der Waals surface area contributed by atoms with E-state index in [1.54, 1.807) is 0 Å². The second-order valence-corrected chi connectivity index (χ2v) is 9.68. The van der Waals surface area contributed by atoms with Gasteiger partial charge >= 0.3 is 10.4 Å². The van der Waals surface area contributed by atoms with Gasteiger partial charge in [-0.1, -0.05) is 90.9 Å². The van der Waals surface area contributed by atoms with E-state index in [1.165, 1.54) is 120 Å². The molecule has 0 radical (unpaired) electrons. The molecule has 0 rings (SSSR count). The van der Waals surface area contributed by atoms with Gasteiger partial charge < -0.3 is 4.48 Å². The minimum absolute atomic E-state index is 1.24. The molecule has 0 aliphatic heterocycles. The predicted octanol–water partition coefficient (Wildman–Crippen LogP) is 6.69. The highest BCUT2D eigenvalue weighted by molar-refractivity contribution is 7.79. The fourth-order valence-electron chi connectivity index (χ4n) is 3.46. The van der Waals surface area contributed by atoms with Crippen LogP contribution in [0.5, 0.6) is 0 Å². The molecule has 0 atom stereocenters. The van der Waals surface area contributed by atoms with Crippen molar-refractivity contribution in [3.8, 4) is 0 Å². The van der Waals surface area contributed by atoms with Gasteiger partial charge in [0.05, 0.1) is 27.2 Å². The molecule has 0 fully saturated rings. The molecule has 0 spiro atoms. The monoisotopic (exact) mass is 424 g/mol. The molecule has 5 nitrogen and oxygen atoms in total. The summed E-state index contributed by atoms with van der Waals surface area (Å²) in [5.74, 6) is 0. The quantitative estimate of drug-likeness (QED) is 0.146. The van der Waals surface area contributed by atoms with Crippen LogP contribution in [0.1, 0.15) is 117 Å². The van der Waals surface area contributed by atoms with Crippen molar-refractivity contribution >= 4 is 10.4 Å². The Morgan fingerprint density at radius 1 is 0.536 bits per heavy atom. The van der Waals surface area contributed by atoms with Gasteiger partial charge in [-0.2, -0.15) is 8.42 Å². The molecule has 2 N–H and O–H groups in total. The molecule has 0 unspecified atom stereocenters. The number of rotatable bonds is 18. The fraction of sp³-hybridized carbons (Fsp3) is 1.00. The molecule has 0 aromatic rings. The molecule has 28 heavy (non-hydrogen) atoms. The summed E-state index contributed by atoms with van der Waals surface area (Å²) in [5, 5.41) is 0. The summed E-state index contributed by atoms with van der Waals surface area (Å²) in [6.07, 6.45) is 23.0. The predicted molar refractivity (Wildman–Crippen MR) is 121 cm³/mol. The summed E-state index contributed by atoms with van der Waals surface area (Å²) in [4.78, 5) is 0. The Morgan fingerprint density at radius 2 is 0.750 bits per heavy atom. The lowest BCUT2D eigenvalue weighted by molar-refractivity contribution is -0.890. The van der Waals surface area contributed by atoms with Crippen LogP contribution in [-0.4, -0.2) is 49.2 Å². The second kappa shape index (κ2) is 20.1. The Morgan fingerprint density at radius 3 is 1.00 bits per heavy atom. The van der Waals surface area contributed by atoms with Crippen LogP contribution < -0.4 is 0 Å². The van der Waals surface area contributed by atoms with Crippen LogP contribution >= 0.6 is 0 Å². The van der Waals surface area contributed by atoms with Crippen LogP contribution in [0.4, 0.5) is 0 Å². The van der Waals surface area contributed by atoms with E-state index in [1.807, 2.05) is 0 Å². The highest BCUT2D eigenvalue weighted by Crippen LogP contribution is 2.13. The molecule has 0 amide bonds. The molecule has 0 saturated heterocycles. The molecule has 0 heterocycles. The van der Waals surface area contributed by atoms with Crippen molar-refractivity contribution in [2.75, 3.05) is 27.2 Å². The van der Waals surface area contributed by atoms with Gasteiger partial charge in [0.2, 0.25) is 0 Å². The van der Waals surface area contributed by atoms with E-state index < -0.39 is 10.4 Å². The number of nitrogens with zero attached hydrogens (tertiary/aromatic N) is 1. The summed E-state index contributed by atoms with van der Waals surface area (Å²) in [6, 6.07) is 0. The first-order valence-electron chi connectivity index (χ1n) is 11.6. The highest BCUT2D eigenvalue weighted by atomic mass is 32.3. The van der Waals surface area contributed by atoms with Crippen molar-refractivity contribution in [2.24, 2.45) is 0 Å². The molecule has 6 heteroatoms. The topological polar surface area (TPSA) is 74.6 Å². The van der Waals surface area contributed by atoms with Gasteiger partial charge in [0.1, 0.15) is 0 Å². The van der Waals surface area contributed by atoms with E-state index in [0.717, 1.165) is 0 Å². The van der Waals surface area contributed by atoms with Crippen molar-refractivity contribution in [3.05, 3.63) is 0 Å². The smallest absolute Gasteiger partial charge is 0.328 e. The average Bonchev–Trinajstić information content (AvgIpc) is 2.58. The van der Waals surface area contributed by atoms with Gasteiger partial charge in [-0.05, 0) is 25.7 Å². The van der Waals surface area contributed by atoms with Crippen LogP contribution in [0.3, 0.4) is 0 Å². The van der Waals surface area contributed by atoms with E-state index in [-0.39, 0.29) is 0 Å². The fourth-order valence-corrected chi connectivity index (χ4v) is 3.46. The maximum absolute atomic E-state index is 8.74. The van der Waals surface area contributed by atoms with E-state index in [0.29, 0.717) is 0 Å². The summed E-state index contributed by atoms with van der Waals surface area (Å²) in [7, 11) is 0.199. The molecule has 0 bridgehead atoms. The molecule has 0 aromatic heterocycles. The van der Waals surface area contributed by atoms with Crippen molar-refractivity contribution in [2.45, 2.75) is 117 Å². The molecule has 0 aliphatic carbocycles. The van der Waals surface area contributed by atoms with Gasteiger partial charge in [0.15, 0.2) is 0 Å². The Balaban J connectivity index is 0. The van der Waals surface area contributed by atoms with Gasteiger partial charge in [0, 0.05) is 0 Å². The largest absolute Gasteiger partial charge is 0.394 e. The number of hydrogen-bond donors (Lipinski definition) is 2. The lowest BCUT2D eigenvalue weighted by atomic mass is 10.1. The van der Waals surface area contributed by atoms with E-state index in [9.17, 15) is 0 Å². The Kier molecular flexibility index (Phi) is 21.6. The lowest BCUT2D eigenvalue weighted by Gasteiger charge is -2.30. The number of unbranched alkanes of at least 4 members (excludes halogenated alkanes) is 14. The van der Waals surface area contributed by atoms with E-state index in [2.05, 4.69) is 27.9 Å². The SMILES string of the molecule is CCCCCCCCCC[N+](C)(C)CCCCCCCCCC.O=S(=O)(O)O. The third kappa shape index (κ3) is 33.4. The molecular formula is C22H50NO4S+. The first-order chi connectivity index (χ1) is 13.1. The maximum atomic E-state index is 8.74. The van der Waals surface area contributed by atoms with Crippen LogP contribution in [0.25, 0.3) is 0 Å². The number of hydrogen-bond acceptors (Lipinski definition) is 2. The normalized spacial score (nSPS) is 11.9. The number of quaternary nitrogens is 1. The molecule has 0 aromatic carbocycles. The van der Waals surface area contributed by atoms with Crippen molar-refractivity contribution in [3.63, 3.8) is 0 Å². The highest BCUT2D eigenvalue weighted by Gasteiger charge is 2.13. The summed E-state index contributed by atoms with van der Waals surface area (Å²) < 4.78 is 32.8. The van der Waals surface area contributed by atoms with Crippen LogP contribution in [-0.2, 0) is 10.4 Å². The molecular weight excluding hydrogens is 374 g/mol. The third-order valence-corrected chi connectivity index (χ3v) is 5.23. The minimum atomic E-state index is -4.67. The van der Waals surface area contributed by atoms with Crippen molar-refractivity contribution in [1.82, 2.24) is 0 Å². The maximum Gasteiger partial charge on any atom is 0.394 e. The van der Waals surface area contributed by atoms with Crippen LogP contribution in [0.2, 0.25) is 0 Å². The van der Waals surface area contributed by atoms with Gasteiger partial charge in [-0.3, -0.25) is 9.11 Å². The lowest BCUT2D eigenvalue weighted by Crippen LogP contribution is -2.41. The first-order valence-corrected chi connectivity index (χ1v) is 13.0. The summed E-state index contributed by atoms with van der Waals surface area (Å²) in [6.45, 7) is 7.36. The van der Waals surface area contributed by atoms with Crippen LogP contribution in [0.15, 0.2) is 0 Å². The van der Waals surface area contributed by atoms with Gasteiger partial charge in [-0.15, -0.1) is 0 Å². The molecule has 0 saturated carbocycles. The van der Waals surface area contributed by atoms with Crippen molar-refractivity contribution in [1.29, 1.82) is 0 Å². The molecule has 172 valence electrons. The standard InChI is InChI=1S/C22H48N.H2O4S/c1-5-7-9-11-13-15-17-19-21-23(3,4)22-20-18-16-14-12-10-8-6-2;1-5(2,3)4/h5-22H2,1-4H3;(H2,1,2,3,4)/q+1;. The summed E-state index contributed by atoms with van der Waals surface area (Å²) >= 11 is 0. The zero-order chi connectivity index (χ0) is 21.7. The Labute approximate surface area is 176 Å². The Bertz CT molecular complexity index is 381. The second-order valence-electron chi connectivity index (χ2n) is 8.78. The van der Waals surface area contributed by atoms with Crippen molar-refractivity contribution < 1.29 is 22.0 Å². The molecule has 0 aliphatic rings. The first kappa shape index (κ1) is 30.0. The van der Waals surface area contributed by atoms with Gasteiger partial charge in [-0.25, -0.2) is 0 Å². The third-order valence-electron chi connectivity index (χ3n) is 5.23. The summed E-state index contributed by atoms with van der Waals surface area (Å²) in [5.41, 5.74) is 0. The van der Waals surface area contributed by atoms with E-state index >= 15 is 0 Å². The average molecular weight is 425 g/mol. The van der Waals surface area contributed by atoms with Crippen LogP contribution in [0, 0.1) is 0 Å². The van der Waals surface area contributed by atoms with Gasteiger partial charge in [0.25, 0.3) is 0 Å². The Hall–Kier alpha value is -0.170. The zero-order valence-electron chi connectivity index (χ0n) is 19.3. The van der Waals surface area contributed by atoms with E-state index in [4.69, 9.17) is 17.5 Å². The zero-order valence-corrected chi connectivity index (χ0v) is 20.1. The minimum Gasteiger partial charge on any atom is -0.328 e.